The highest BCUT2D eigenvalue weighted by Crippen LogP contribution is 2.28. The molecule has 0 bridgehead atoms. The Morgan fingerprint density at radius 3 is 2.48 bits per heavy atom. The molecule has 0 radical (unpaired) electrons. The molecule has 5 nitrogen and oxygen atoms in total. The van der Waals surface area contributed by atoms with Crippen LogP contribution >= 0.6 is 0 Å². The zero-order valence-electron chi connectivity index (χ0n) is 15.1. The Balaban J connectivity index is 1.94. The van der Waals surface area contributed by atoms with Crippen molar-refractivity contribution in [2.75, 3.05) is 0 Å². The van der Waals surface area contributed by atoms with Crippen LogP contribution in [0, 0.1) is 5.82 Å². The number of nitrogens with zero attached hydrogens (tertiary/aromatic N) is 1. The van der Waals surface area contributed by atoms with E-state index in [1.165, 1.54) is 30.3 Å². The molecule has 4 rings (SSSR count). The number of aromatic amines is 1. The Bertz CT molecular complexity index is 1240. The molecule has 0 spiro atoms. The van der Waals surface area contributed by atoms with E-state index in [2.05, 4.69) is 9.97 Å². The summed E-state index contributed by atoms with van der Waals surface area (Å²) in [7, 11) is 0. The summed E-state index contributed by atoms with van der Waals surface area (Å²) in [6.07, 6.45) is 0.633. The zero-order valence-corrected chi connectivity index (χ0v) is 15.1. The minimum atomic E-state index is -0.548. The lowest BCUT2D eigenvalue weighted by molar-refractivity contribution is 0.105. The first-order valence-electron chi connectivity index (χ1n) is 8.81. The van der Waals surface area contributed by atoms with E-state index in [0.717, 1.165) is 6.07 Å². The number of aromatic nitrogens is 2. The molecule has 1 aromatic heterocycles. The molecule has 29 heavy (non-hydrogen) atoms. The van der Waals surface area contributed by atoms with Gasteiger partial charge in [0, 0.05) is 16.7 Å². The van der Waals surface area contributed by atoms with Crippen LogP contribution in [-0.2, 0) is 0 Å². The molecule has 1 heterocycles. The Kier molecular flexibility index (Phi) is 4.75. The third-order valence-corrected chi connectivity index (χ3v) is 4.47. The van der Waals surface area contributed by atoms with E-state index in [0.29, 0.717) is 22.9 Å². The number of aldehydes is 1. The third kappa shape index (κ3) is 3.55. The van der Waals surface area contributed by atoms with Gasteiger partial charge in [0.1, 0.15) is 29.3 Å². The highest BCUT2D eigenvalue weighted by molar-refractivity contribution is 6.33. The maximum Gasteiger partial charge on any atom is 0.200 e. The fourth-order valence-corrected chi connectivity index (χ4v) is 3.08. The lowest BCUT2D eigenvalue weighted by atomic mass is 9.97. The van der Waals surface area contributed by atoms with Crippen LogP contribution in [-0.4, -0.2) is 27.1 Å². The van der Waals surface area contributed by atoms with Crippen LogP contribution in [0.25, 0.3) is 22.4 Å². The van der Waals surface area contributed by atoms with Gasteiger partial charge in [-0.25, -0.2) is 9.37 Å². The number of hydrogen-bond donors (Lipinski definition) is 2. The topological polar surface area (TPSA) is 83.1 Å². The van der Waals surface area contributed by atoms with Crippen molar-refractivity contribution in [1.82, 2.24) is 9.97 Å². The number of benzene rings is 3. The van der Waals surface area contributed by atoms with Gasteiger partial charge in [-0.3, -0.25) is 9.59 Å². The van der Waals surface area contributed by atoms with Crippen molar-refractivity contribution in [3.05, 3.63) is 101 Å². The van der Waals surface area contributed by atoms with Gasteiger partial charge in [0.05, 0.1) is 11.0 Å². The number of allylic oxidation sites excluding steroid dienone is 1. The van der Waals surface area contributed by atoms with Crippen molar-refractivity contribution in [3.63, 3.8) is 0 Å². The normalized spacial score (nSPS) is 11.9. The van der Waals surface area contributed by atoms with Crippen molar-refractivity contribution < 1.29 is 19.1 Å². The first kappa shape index (κ1) is 18.3. The number of Topliss-reactive ketones (excluding diaryl/α,β-unsaturated/α-hetero) is 1. The van der Waals surface area contributed by atoms with E-state index in [1.54, 1.807) is 30.3 Å². The van der Waals surface area contributed by atoms with Gasteiger partial charge < -0.3 is 10.1 Å². The largest absolute Gasteiger partial charge is 0.506 e. The summed E-state index contributed by atoms with van der Waals surface area (Å²) >= 11 is 0. The first-order valence-corrected chi connectivity index (χ1v) is 8.81. The second kappa shape index (κ2) is 7.52. The van der Waals surface area contributed by atoms with Crippen LogP contribution < -0.4 is 0 Å². The molecule has 0 aliphatic rings. The average Bonchev–Trinajstić information content (AvgIpc) is 3.17. The number of para-hydroxylation sites is 2. The molecule has 6 heteroatoms. The average molecular weight is 386 g/mol. The fourth-order valence-electron chi connectivity index (χ4n) is 3.08. The van der Waals surface area contributed by atoms with E-state index in [9.17, 15) is 19.1 Å². The Labute approximate surface area is 165 Å². The van der Waals surface area contributed by atoms with Gasteiger partial charge >= 0.3 is 0 Å². The van der Waals surface area contributed by atoms with E-state index >= 15 is 0 Å². The second-order valence-electron chi connectivity index (χ2n) is 6.41. The molecule has 0 unspecified atom stereocenters. The van der Waals surface area contributed by atoms with Gasteiger partial charge in [0.15, 0.2) is 0 Å². The summed E-state index contributed by atoms with van der Waals surface area (Å²) < 4.78 is 13.7. The maximum atomic E-state index is 13.7. The quantitative estimate of drug-likeness (QED) is 0.223. The van der Waals surface area contributed by atoms with Crippen LogP contribution in [0.2, 0.25) is 0 Å². The van der Waals surface area contributed by atoms with Crippen molar-refractivity contribution in [1.29, 1.82) is 0 Å². The number of carbonyl (C=O) groups excluding carboxylic acids is 2. The Morgan fingerprint density at radius 1 is 0.966 bits per heavy atom. The maximum absolute atomic E-state index is 13.7. The van der Waals surface area contributed by atoms with Crippen LogP contribution in [0.5, 0.6) is 0 Å². The van der Waals surface area contributed by atoms with Crippen molar-refractivity contribution >= 4 is 34.4 Å². The smallest absolute Gasteiger partial charge is 0.200 e. The zero-order chi connectivity index (χ0) is 20.4. The number of fused-ring (bicyclic) bond motifs is 1. The van der Waals surface area contributed by atoms with Crippen LogP contribution in [0.15, 0.2) is 72.8 Å². The fraction of sp³-hybridized carbons (Fsp3) is 0. The number of H-pyrrole nitrogens is 1. The summed E-state index contributed by atoms with van der Waals surface area (Å²) in [6.45, 7) is 0. The number of nitrogens with one attached hydrogen (secondary N) is 1. The van der Waals surface area contributed by atoms with Crippen LogP contribution in [0.4, 0.5) is 4.39 Å². The van der Waals surface area contributed by atoms with E-state index < -0.39 is 17.4 Å². The Morgan fingerprint density at radius 2 is 1.72 bits per heavy atom. The van der Waals surface area contributed by atoms with Gasteiger partial charge in [-0.05, 0) is 30.3 Å². The van der Waals surface area contributed by atoms with Crippen molar-refractivity contribution in [2.24, 2.45) is 0 Å². The molecule has 2 N–H and O–H groups in total. The van der Waals surface area contributed by atoms with Gasteiger partial charge in [0.25, 0.3) is 0 Å². The van der Waals surface area contributed by atoms with E-state index in [1.807, 2.05) is 6.07 Å². The predicted octanol–water partition coefficient (Wildman–Crippen LogP) is 4.82. The molecule has 0 fully saturated rings. The van der Waals surface area contributed by atoms with Crippen LogP contribution in [0.1, 0.15) is 32.1 Å². The highest BCUT2D eigenvalue weighted by Gasteiger charge is 2.24. The van der Waals surface area contributed by atoms with E-state index in [4.69, 9.17) is 0 Å². The number of rotatable bonds is 5. The standard InChI is InChI=1S/C23H15FN2O3/c24-17-8-4-7-16(12-17)22(29)20(21(28)15-6-3-5-14(11-15)13-27)23-25-18-9-1-2-10-19(18)26-23/h1-13,29H,(H,25,26). The number of halogens is 1. The Hall–Kier alpha value is -4.06. The summed E-state index contributed by atoms with van der Waals surface area (Å²) in [5.41, 5.74) is 1.84. The van der Waals surface area contributed by atoms with Gasteiger partial charge in [0.2, 0.25) is 5.78 Å². The number of hydrogen-bond acceptors (Lipinski definition) is 4. The molecular weight excluding hydrogens is 371 g/mol. The van der Waals surface area contributed by atoms with Crippen molar-refractivity contribution in [3.8, 4) is 0 Å². The lowest BCUT2D eigenvalue weighted by Crippen LogP contribution is -2.08. The molecule has 0 atom stereocenters. The molecule has 3 aromatic carbocycles. The summed E-state index contributed by atoms with van der Waals surface area (Å²) in [6, 6.07) is 18.6. The van der Waals surface area contributed by atoms with Crippen molar-refractivity contribution in [2.45, 2.75) is 0 Å². The number of aliphatic hydroxyl groups excluding tert-OH is 1. The van der Waals surface area contributed by atoms with Gasteiger partial charge in [-0.1, -0.05) is 42.5 Å². The van der Waals surface area contributed by atoms with E-state index in [-0.39, 0.29) is 22.5 Å². The lowest BCUT2D eigenvalue weighted by Gasteiger charge is -2.09. The summed E-state index contributed by atoms with van der Waals surface area (Å²) in [4.78, 5) is 31.8. The highest BCUT2D eigenvalue weighted by atomic mass is 19.1. The van der Waals surface area contributed by atoms with Crippen LogP contribution in [0.3, 0.4) is 0 Å². The predicted molar refractivity (Wildman–Crippen MR) is 108 cm³/mol. The second-order valence-corrected chi connectivity index (χ2v) is 6.41. The minimum Gasteiger partial charge on any atom is -0.506 e. The first-order chi connectivity index (χ1) is 14.1. The molecule has 4 aromatic rings. The molecule has 0 saturated heterocycles. The van der Waals surface area contributed by atoms with Gasteiger partial charge in [-0.2, -0.15) is 0 Å². The number of carbonyl (C=O) groups is 2. The number of ketones is 1. The third-order valence-electron chi connectivity index (χ3n) is 4.47. The molecule has 0 amide bonds. The van der Waals surface area contributed by atoms with Gasteiger partial charge in [-0.15, -0.1) is 0 Å². The molecule has 0 saturated carbocycles. The monoisotopic (exact) mass is 386 g/mol. The minimum absolute atomic E-state index is 0.116. The molecule has 0 aliphatic carbocycles. The number of imidazole rings is 1. The summed E-state index contributed by atoms with van der Waals surface area (Å²) in [5, 5.41) is 10.9. The summed E-state index contributed by atoms with van der Waals surface area (Å²) in [5.74, 6) is -1.36. The molecule has 142 valence electrons. The number of aliphatic hydroxyl groups is 1. The molecule has 0 aliphatic heterocycles. The SMILES string of the molecule is O=Cc1cccc(C(=O)C(=C(O)c2cccc(F)c2)c2nc3ccccc3[nH]2)c1. The molecular formula is C23H15FN2O3.